The quantitative estimate of drug-likeness (QED) is 0.621. The molecule has 0 aliphatic carbocycles. The molecule has 0 saturated carbocycles. The number of rotatable bonds is 5. The van der Waals surface area contributed by atoms with Crippen molar-refractivity contribution in [2.24, 2.45) is 0 Å². The van der Waals surface area contributed by atoms with Crippen molar-refractivity contribution >= 4 is 5.97 Å². The van der Waals surface area contributed by atoms with Gasteiger partial charge in [-0.2, -0.15) is 5.10 Å². The van der Waals surface area contributed by atoms with Crippen LogP contribution in [-0.2, 0) is 4.79 Å². The predicted octanol–water partition coefficient (Wildman–Crippen LogP) is 2.99. The lowest BCUT2D eigenvalue weighted by Crippen LogP contribution is -2.15. The van der Waals surface area contributed by atoms with Gasteiger partial charge in [0.25, 0.3) is 0 Å². The van der Waals surface area contributed by atoms with Gasteiger partial charge >= 0.3 is 5.97 Å². The summed E-state index contributed by atoms with van der Waals surface area (Å²) >= 11 is 0. The van der Waals surface area contributed by atoms with Gasteiger partial charge in [0.2, 0.25) is 0 Å². The Hall–Kier alpha value is -3.68. The summed E-state index contributed by atoms with van der Waals surface area (Å²) in [6.07, 6.45) is 0. The Morgan fingerprint density at radius 2 is 1.96 bits per heavy atom. The molecule has 0 radical (unpaired) electrons. The Bertz CT molecular complexity index is 1040. The van der Waals surface area contributed by atoms with Gasteiger partial charge in [0.05, 0.1) is 0 Å². The Kier molecular flexibility index (Phi) is 4.52. The molecule has 4 rings (SSSR count). The van der Waals surface area contributed by atoms with Crippen LogP contribution in [0.3, 0.4) is 0 Å². The summed E-state index contributed by atoms with van der Waals surface area (Å²) in [5, 5.41) is 26.5. The lowest BCUT2D eigenvalue weighted by Gasteiger charge is -2.19. The molecule has 3 aromatic rings. The molecule has 2 aromatic carbocycles. The first-order chi connectivity index (χ1) is 13.5. The fourth-order valence-electron chi connectivity index (χ4n) is 3.12. The molecule has 8 nitrogen and oxygen atoms in total. The zero-order valence-electron chi connectivity index (χ0n) is 15.1. The van der Waals surface area contributed by atoms with E-state index in [2.05, 4.69) is 10.2 Å². The number of carbonyl (C=O) groups is 1. The highest BCUT2D eigenvalue weighted by Crippen LogP contribution is 2.41. The average molecular weight is 382 g/mol. The van der Waals surface area contributed by atoms with Gasteiger partial charge in [-0.05, 0) is 36.8 Å². The molecule has 0 amide bonds. The molecule has 0 unspecified atom stereocenters. The van der Waals surface area contributed by atoms with E-state index in [1.165, 1.54) is 6.07 Å². The zero-order chi connectivity index (χ0) is 19.7. The molecule has 1 aliphatic rings. The molecular weight excluding hydrogens is 364 g/mol. The normalized spacial score (nSPS) is 12.6. The number of aliphatic carboxylic acids is 1. The van der Waals surface area contributed by atoms with Gasteiger partial charge in [-0.15, -0.1) is 0 Å². The molecule has 0 saturated heterocycles. The van der Waals surface area contributed by atoms with Crippen molar-refractivity contribution in [1.82, 2.24) is 10.2 Å². The second-order valence-electron chi connectivity index (χ2n) is 6.29. The van der Waals surface area contributed by atoms with Crippen molar-refractivity contribution in [2.45, 2.75) is 6.92 Å². The van der Waals surface area contributed by atoms with E-state index in [1.54, 1.807) is 12.1 Å². The third-order valence-electron chi connectivity index (χ3n) is 4.36. The molecule has 0 bridgehead atoms. The van der Waals surface area contributed by atoms with E-state index in [9.17, 15) is 9.90 Å². The van der Waals surface area contributed by atoms with Crippen molar-refractivity contribution < 1.29 is 29.2 Å². The summed E-state index contributed by atoms with van der Waals surface area (Å²) in [4.78, 5) is 10.6. The minimum Gasteiger partial charge on any atom is -0.507 e. The van der Waals surface area contributed by atoms with Gasteiger partial charge in [-0.3, -0.25) is 5.10 Å². The van der Waals surface area contributed by atoms with Crippen LogP contribution in [0.1, 0.15) is 5.69 Å². The Morgan fingerprint density at radius 1 is 1.18 bits per heavy atom. The van der Waals surface area contributed by atoms with Gasteiger partial charge in [-0.1, -0.05) is 6.07 Å². The summed E-state index contributed by atoms with van der Waals surface area (Å²) in [6, 6.07) is 10.3. The summed E-state index contributed by atoms with van der Waals surface area (Å²) in [6.45, 7) is 2.42. The van der Waals surface area contributed by atoms with Crippen molar-refractivity contribution in [3.63, 3.8) is 0 Å². The van der Waals surface area contributed by atoms with Crippen LogP contribution in [0.5, 0.6) is 23.0 Å². The van der Waals surface area contributed by atoms with Crippen molar-refractivity contribution in [3.05, 3.63) is 42.1 Å². The third kappa shape index (κ3) is 3.32. The highest BCUT2D eigenvalue weighted by molar-refractivity contribution is 5.86. The van der Waals surface area contributed by atoms with Crippen molar-refractivity contribution in [2.75, 3.05) is 19.8 Å². The van der Waals surface area contributed by atoms with E-state index >= 15 is 0 Å². The summed E-state index contributed by atoms with van der Waals surface area (Å²) in [5.41, 5.74) is 3.59. The van der Waals surface area contributed by atoms with Crippen LogP contribution in [0.25, 0.3) is 22.4 Å². The average Bonchev–Trinajstić information content (AvgIpc) is 3.07. The number of H-pyrrole nitrogens is 1. The van der Waals surface area contributed by atoms with E-state index in [4.69, 9.17) is 19.3 Å². The first-order valence-electron chi connectivity index (χ1n) is 8.66. The molecule has 8 heteroatoms. The fourth-order valence-corrected chi connectivity index (χ4v) is 3.12. The van der Waals surface area contributed by atoms with Crippen LogP contribution >= 0.6 is 0 Å². The number of hydrogen-bond acceptors (Lipinski definition) is 6. The molecule has 1 aliphatic heterocycles. The molecule has 1 aromatic heterocycles. The van der Waals surface area contributed by atoms with Gasteiger partial charge in [0.15, 0.2) is 18.1 Å². The first-order valence-corrected chi connectivity index (χ1v) is 8.66. The van der Waals surface area contributed by atoms with Crippen LogP contribution in [0.4, 0.5) is 0 Å². The lowest BCUT2D eigenvalue weighted by molar-refractivity contribution is -0.139. The highest BCUT2D eigenvalue weighted by Gasteiger charge is 2.20. The number of fused-ring (bicyclic) bond motifs is 1. The van der Waals surface area contributed by atoms with E-state index in [0.717, 1.165) is 16.8 Å². The molecule has 0 fully saturated rings. The predicted molar refractivity (Wildman–Crippen MR) is 100.0 cm³/mol. The second kappa shape index (κ2) is 7.15. The van der Waals surface area contributed by atoms with Crippen LogP contribution in [0.2, 0.25) is 0 Å². The van der Waals surface area contributed by atoms with Crippen LogP contribution < -0.4 is 14.2 Å². The smallest absolute Gasteiger partial charge is 0.341 e. The maximum absolute atomic E-state index is 10.6. The molecule has 28 heavy (non-hydrogen) atoms. The Labute approximate surface area is 160 Å². The number of aryl methyl sites for hydroxylation is 1. The minimum atomic E-state index is -1.09. The number of aromatic hydroxyl groups is 1. The monoisotopic (exact) mass is 382 g/mol. The highest BCUT2D eigenvalue weighted by atomic mass is 16.6. The molecule has 0 atom stereocenters. The van der Waals surface area contributed by atoms with Gasteiger partial charge in [-0.25, -0.2) is 4.79 Å². The molecular formula is C20H18N2O6. The van der Waals surface area contributed by atoms with Gasteiger partial charge in [0, 0.05) is 22.9 Å². The standard InChI is InChI=1S/C20H18N2O6/c1-11-19(12-2-5-16-17(8-12)27-7-6-26-16)20(22-21-11)14-4-3-13(9-15(14)23)28-10-18(24)25/h2-5,8-9,23H,6-7,10H2,1H3,(H,21,22)(H,24,25). The Morgan fingerprint density at radius 3 is 2.71 bits per heavy atom. The third-order valence-corrected chi connectivity index (χ3v) is 4.36. The number of benzene rings is 2. The Balaban J connectivity index is 1.72. The number of carboxylic acid groups (broad SMARTS) is 1. The fraction of sp³-hybridized carbons (Fsp3) is 0.200. The maximum atomic E-state index is 10.6. The second-order valence-corrected chi connectivity index (χ2v) is 6.29. The molecule has 144 valence electrons. The molecule has 0 spiro atoms. The van der Waals surface area contributed by atoms with Crippen molar-refractivity contribution in [1.29, 1.82) is 0 Å². The summed E-state index contributed by atoms with van der Waals surface area (Å²) in [7, 11) is 0. The number of aromatic nitrogens is 2. The number of hydrogen-bond donors (Lipinski definition) is 3. The van der Waals surface area contributed by atoms with Crippen LogP contribution in [-0.4, -0.2) is 46.2 Å². The number of ether oxygens (including phenoxy) is 3. The zero-order valence-corrected chi connectivity index (χ0v) is 15.1. The molecule has 3 N–H and O–H groups in total. The van der Waals surface area contributed by atoms with Crippen molar-refractivity contribution in [3.8, 4) is 45.4 Å². The van der Waals surface area contributed by atoms with E-state index in [1.807, 2.05) is 25.1 Å². The summed E-state index contributed by atoms with van der Waals surface area (Å²) in [5.74, 6) is 0.467. The van der Waals surface area contributed by atoms with Crippen LogP contribution in [0, 0.1) is 6.92 Å². The molecule has 2 heterocycles. The van der Waals surface area contributed by atoms with E-state index < -0.39 is 12.6 Å². The topological polar surface area (TPSA) is 114 Å². The van der Waals surface area contributed by atoms with E-state index in [0.29, 0.717) is 36.0 Å². The van der Waals surface area contributed by atoms with Gasteiger partial charge in [0.1, 0.15) is 30.4 Å². The number of nitrogens with zero attached hydrogens (tertiary/aromatic N) is 1. The number of phenols is 1. The largest absolute Gasteiger partial charge is 0.507 e. The minimum absolute atomic E-state index is 0.0619. The van der Waals surface area contributed by atoms with Crippen LogP contribution in [0.15, 0.2) is 36.4 Å². The number of aromatic amines is 1. The number of nitrogens with one attached hydrogen (secondary N) is 1. The SMILES string of the molecule is Cc1[nH]nc(-c2ccc(OCC(=O)O)cc2O)c1-c1ccc2c(c1)OCCO2. The summed E-state index contributed by atoms with van der Waals surface area (Å²) < 4.78 is 16.3. The van der Waals surface area contributed by atoms with Gasteiger partial charge < -0.3 is 24.4 Å². The lowest BCUT2D eigenvalue weighted by atomic mass is 9.98. The maximum Gasteiger partial charge on any atom is 0.341 e. The van der Waals surface area contributed by atoms with E-state index in [-0.39, 0.29) is 11.5 Å². The first kappa shape index (κ1) is 17.7. The number of phenolic OH excluding ortho intramolecular Hbond substituents is 1. The number of carboxylic acids is 1.